The highest BCUT2D eigenvalue weighted by Gasteiger charge is 2.27. The molecule has 3 nitrogen and oxygen atoms in total. The minimum Gasteiger partial charge on any atom is -0.392 e. The lowest BCUT2D eigenvalue weighted by atomic mass is 10.0. The number of likely N-dealkylation sites (tertiary alicyclic amines) is 1. The average molecular weight is 228 g/mol. The van der Waals surface area contributed by atoms with Gasteiger partial charge in [-0.25, -0.2) is 0 Å². The highest BCUT2D eigenvalue weighted by atomic mass is 16.3. The van der Waals surface area contributed by atoms with Crippen molar-refractivity contribution < 1.29 is 5.11 Å². The Morgan fingerprint density at radius 3 is 2.69 bits per heavy atom. The maximum absolute atomic E-state index is 10.1. The molecule has 1 aliphatic rings. The Kier molecular flexibility index (Phi) is 5.73. The molecule has 1 fully saturated rings. The summed E-state index contributed by atoms with van der Waals surface area (Å²) in [6, 6.07) is 0.647. The van der Waals surface area contributed by atoms with Crippen LogP contribution < -0.4 is 0 Å². The van der Waals surface area contributed by atoms with Crippen LogP contribution in [0, 0.1) is 5.92 Å². The zero-order valence-electron chi connectivity index (χ0n) is 11.3. The number of β-amino-alcohol motifs (C(OH)–C–C–N with tert-alkyl or cyclic N) is 1. The maximum atomic E-state index is 10.1. The van der Waals surface area contributed by atoms with Crippen molar-refractivity contribution >= 4 is 0 Å². The Morgan fingerprint density at radius 1 is 1.44 bits per heavy atom. The SMILES string of the molecule is CCC(C)C(O)CN1CCCC1CN(C)C. The zero-order valence-corrected chi connectivity index (χ0v) is 11.3. The summed E-state index contributed by atoms with van der Waals surface area (Å²) in [5, 5.41) is 10.1. The van der Waals surface area contributed by atoms with Gasteiger partial charge < -0.3 is 10.0 Å². The second-order valence-electron chi connectivity index (χ2n) is 5.51. The van der Waals surface area contributed by atoms with E-state index in [9.17, 15) is 5.11 Å². The monoisotopic (exact) mass is 228 g/mol. The molecular formula is C13H28N2O. The Bertz CT molecular complexity index is 196. The molecule has 0 aromatic rings. The molecule has 0 aliphatic carbocycles. The fourth-order valence-corrected chi connectivity index (χ4v) is 2.46. The molecule has 0 aromatic carbocycles. The lowest BCUT2D eigenvalue weighted by Gasteiger charge is -2.30. The number of aliphatic hydroxyl groups excluding tert-OH is 1. The van der Waals surface area contributed by atoms with Crippen molar-refractivity contribution in [1.82, 2.24) is 9.80 Å². The largest absolute Gasteiger partial charge is 0.392 e. The highest BCUT2D eigenvalue weighted by Crippen LogP contribution is 2.20. The molecule has 1 N–H and O–H groups in total. The molecule has 1 heterocycles. The van der Waals surface area contributed by atoms with Gasteiger partial charge in [0.15, 0.2) is 0 Å². The Hall–Kier alpha value is -0.120. The molecule has 0 bridgehead atoms. The van der Waals surface area contributed by atoms with Crippen molar-refractivity contribution in [3.63, 3.8) is 0 Å². The Morgan fingerprint density at radius 2 is 2.12 bits per heavy atom. The van der Waals surface area contributed by atoms with Gasteiger partial charge in [0.25, 0.3) is 0 Å². The normalized spacial score (nSPS) is 26.2. The van der Waals surface area contributed by atoms with E-state index in [4.69, 9.17) is 0 Å². The van der Waals surface area contributed by atoms with E-state index in [1.165, 1.54) is 12.8 Å². The molecule has 0 aromatic heterocycles. The number of hydrogen-bond donors (Lipinski definition) is 1. The third-order valence-corrected chi connectivity index (χ3v) is 3.80. The maximum Gasteiger partial charge on any atom is 0.0692 e. The number of aliphatic hydroxyl groups is 1. The van der Waals surface area contributed by atoms with Gasteiger partial charge in [-0.1, -0.05) is 20.3 Å². The minimum atomic E-state index is -0.159. The van der Waals surface area contributed by atoms with Crippen molar-refractivity contribution in [3.05, 3.63) is 0 Å². The summed E-state index contributed by atoms with van der Waals surface area (Å²) in [5.74, 6) is 0.417. The van der Waals surface area contributed by atoms with E-state index in [0.717, 1.165) is 26.1 Å². The van der Waals surface area contributed by atoms with E-state index in [1.807, 2.05) is 0 Å². The smallest absolute Gasteiger partial charge is 0.0692 e. The lowest BCUT2D eigenvalue weighted by molar-refractivity contribution is 0.0593. The van der Waals surface area contributed by atoms with Crippen molar-refractivity contribution in [2.75, 3.05) is 33.7 Å². The van der Waals surface area contributed by atoms with Crippen molar-refractivity contribution in [2.24, 2.45) is 5.92 Å². The summed E-state index contributed by atoms with van der Waals surface area (Å²) in [6.45, 7) is 7.42. The van der Waals surface area contributed by atoms with E-state index in [0.29, 0.717) is 12.0 Å². The van der Waals surface area contributed by atoms with Gasteiger partial charge in [0.1, 0.15) is 0 Å². The topological polar surface area (TPSA) is 26.7 Å². The summed E-state index contributed by atoms with van der Waals surface area (Å²) in [5.41, 5.74) is 0. The first-order chi connectivity index (χ1) is 7.54. The van der Waals surface area contributed by atoms with Crippen LogP contribution in [-0.4, -0.2) is 60.8 Å². The number of rotatable bonds is 6. The van der Waals surface area contributed by atoms with Gasteiger partial charge in [-0.15, -0.1) is 0 Å². The van der Waals surface area contributed by atoms with E-state index >= 15 is 0 Å². The first kappa shape index (κ1) is 13.9. The standard InChI is InChI=1S/C13H28N2O/c1-5-11(2)13(16)10-15-8-6-7-12(15)9-14(3)4/h11-13,16H,5-10H2,1-4H3. The lowest BCUT2D eigenvalue weighted by Crippen LogP contribution is -2.42. The highest BCUT2D eigenvalue weighted by molar-refractivity contribution is 4.83. The van der Waals surface area contributed by atoms with Crippen LogP contribution in [0.2, 0.25) is 0 Å². The molecule has 1 rings (SSSR count). The first-order valence-corrected chi connectivity index (χ1v) is 6.61. The van der Waals surface area contributed by atoms with Gasteiger partial charge in [-0.2, -0.15) is 0 Å². The summed E-state index contributed by atoms with van der Waals surface area (Å²) in [4.78, 5) is 4.72. The fourth-order valence-electron chi connectivity index (χ4n) is 2.46. The van der Waals surface area contributed by atoms with Crippen LogP contribution >= 0.6 is 0 Å². The second kappa shape index (κ2) is 6.58. The van der Waals surface area contributed by atoms with Crippen LogP contribution in [0.15, 0.2) is 0 Å². The van der Waals surface area contributed by atoms with Crippen molar-refractivity contribution in [2.45, 2.75) is 45.3 Å². The number of likely N-dealkylation sites (N-methyl/N-ethyl adjacent to an activating group) is 1. The summed E-state index contributed by atoms with van der Waals surface area (Å²) in [7, 11) is 4.25. The van der Waals surface area contributed by atoms with Gasteiger partial charge >= 0.3 is 0 Å². The predicted octanol–water partition coefficient (Wildman–Crippen LogP) is 1.42. The average Bonchev–Trinajstić information content (AvgIpc) is 2.63. The summed E-state index contributed by atoms with van der Waals surface area (Å²) < 4.78 is 0. The fraction of sp³-hybridized carbons (Fsp3) is 1.00. The molecule has 0 radical (unpaired) electrons. The van der Waals surface area contributed by atoms with Crippen LogP contribution in [-0.2, 0) is 0 Å². The number of hydrogen-bond acceptors (Lipinski definition) is 3. The van der Waals surface area contributed by atoms with E-state index < -0.39 is 0 Å². The molecule has 96 valence electrons. The Balaban J connectivity index is 2.40. The molecule has 0 spiro atoms. The van der Waals surface area contributed by atoms with Crippen LogP contribution in [0.25, 0.3) is 0 Å². The molecule has 3 atom stereocenters. The van der Waals surface area contributed by atoms with Gasteiger partial charge in [0, 0.05) is 19.1 Å². The van der Waals surface area contributed by atoms with E-state index in [1.54, 1.807) is 0 Å². The third-order valence-electron chi connectivity index (χ3n) is 3.80. The van der Waals surface area contributed by atoms with E-state index in [2.05, 4.69) is 37.7 Å². The van der Waals surface area contributed by atoms with Crippen LogP contribution in [0.3, 0.4) is 0 Å². The molecule has 1 saturated heterocycles. The molecule has 0 amide bonds. The second-order valence-corrected chi connectivity index (χ2v) is 5.51. The Labute approximate surface area is 100 Å². The molecule has 3 unspecified atom stereocenters. The predicted molar refractivity (Wildman–Crippen MR) is 68.6 cm³/mol. The van der Waals surface area contributed by atoms with Crippen molar-refractivity contribution in [1.29, 1.82) is 0 Å². The number of nitrogens with zero attached hydrogens (tertiary/aromatic N) is 2. The van der Waals surface area contributed by atoms with Crippen LogP contribution in [0.4, 0.5) is 0 Å². The van der Waals surface area contributed by atoms with Gasteiger partial charge in [0.05, 0.1) is 6.10 Å². The molecule has 16 heavy (non-hydrogen) atoms. The summed E-state index contributed by atoms with van der Waals surface area (Å²) >= 11 is 0. The van der Waals surface area contributed by atoms with Crippen molar-refractivity contribution in [3.8, 4) is 0 Å². The van der Waals surface area contributed by atoms with Crippen LogP contribution in [0.5, 0.6) is 0 Å². The van der Waals surface area contributed by atoms with E-state index in [-0.39, 0.29) is 6.10 Å². The summed E-state index contributed by atoms with van der Waals surface area (Å²) in [6.07, 6.45) is 3.47. The van der Waals surface area contributed by atoms with Gasteiger partial charge in [-0.05, 0) is 39.4 Å². The quantitative estimate of drug-likeness (QED) is 0.745. The van der Waals surface area contributed by atoms with Crippen LogP contribution in [0.1, 0.15) is 33.1 Å². The minimum absolute atomic E-state index is 0.159. The van der Waals surface area contributed by atoms with Gasteiger partial charge in [0.2, 0.25) is 0 Å². The third kappa shape index (κ3) is 4.04. The zero-order chi connectivity index (χ0) is 12.1. The molecular weight excluding hydrogens is 200 g/mol. The molecule has 0 saturated carbocycles. The first-order valence-electron chi connectivity index (χ1n) is 6.61. The van der Waals surface area contributed by atoms with Gasteiger partial charge in [-0.3, -0.25) is 4.90 Å². The molecule has 1 aliphatic heterocycles. The molecule has 3 heteroatoms.